The van der Waals surface area contributed by atoms with Crippen LogP contribution in [-0.2, 0) is 6.42 Å². The van der Waals surface area contributed by atoms with Gasteiger partial charge in [-0.25, -0.2) is 4.98 Å². The third kappa shape index (κ3) is 2.60. The Morgan fingerprint density at radius 3 is 2.74 bits per heavy atom. The molecule has 2 heterocycles. The second-order valence-corrected chi connectivity index (χ2v) is 4.71. The molecule has 0 aliphatic carbocycles. The predicted octanol–water partition coefficient (Wildman–Crippen LogP) is 4.26. The first kappa shape index (κ1) is 11.8. The number of hydrogen-bond donors (Lipinski definition) is 2. The van der Waals surface area contributed by atoms with Crippen LogP contribution in [0, 0.1) is 0 Å². The molecule has 19 heavy (non-hydrogen) atoms. The molecule has 0 bridgehead atoms. The van der Waals surface area contributed by atoms with Crippen LogP contribution in [0.5, 0.6) is 0 Å². The summed E-state index contributed by atoms with van der Waals surface area (Å²) in [5.41, 5.74) is 4.41. The third-order valence-electron chi connectivity index (χ3n) is 3.18. The first-order valence-corrected chi connectivity index (χ1v) is 6.64. The summed E-state index contributed by atoms with van der Waals surface area (Å²) < 4.78 is 0. The quantitative estimate of drug-likeness (QED) is 0.727. The Bertz CT molecular complexity index is 668. The number of hydrogen-bond acceptors (Lipinski definition) is 2. The van der Waals surface area contributed by atoms with E-state index < -0.39 is 0 Å². The van der Waals surface area contributed by atoms with Crippen molar-refractivity contribution in [2.24, 2.45) is 0 Å². The van der Waals surface area contributed by atoms with Crippen molar-refractivity contribution < 1.29 is 0 Å². The topological polar surface area (TPSA) is 40.7 Å². The standard InChI is InChI=1S/C16H17N3/c1-2-3-12-4-6-14(7-5-12)19-15-10-13-8-9-17-16(13)18-11-15/h4-11,19H,2-3H2,1H3,(H,17,18). The monoisotopic (exact) mass is 251 g/mol. The summed E-state index contributed by atoms with van der Waals surface area (Å²) in [6.45, 7) is 2.20. The Balaban J connectivity index is 1.79. The van der Waals surface area contributed by atoms with Gasteiger partial charge in [-0.2, -0.15) is 0 Å². The van der Waals surface area contributed by atoms with Crippen molar-refractivity contribution in [3.05, 3.63) is 54.4 Å². The molecule has 0 aliphatic rings. The highest BCUT2D eigenvalue weighted by atomic mass is 14.9. The summed E-state index contributed by atoms with van der Waals surface area (Å²) in [4.78, 5) is 7.46. The summed E-state index contributed by atoms with van der Waals surface area (Å²) in [6.07, 6.45) is 6.07. The highest BCUT2D eigenvalue weighted by molar-refractivity contribution is 5.80. The van der Waals surface area contributed by atoms with E-state index in [0.29, 0.717) is 0 Å². The number of rotatable bonds is 4. The summed E-state index contributed by atoms with van der Waals surface area (Å²) >= 11 is 0. The molecule has 0 saturated carbocycles. The second-order valence-electron chi connectivity index (χ2n) is 4.71. The van der Waals surface area contributed by atoms with Crippen LogP contribution in [0.4, 0.5) is 11.4 Å². The molecule has 2 aromatic heterocycles. The molecule has 0 amide bonds. The molecule has 3 heteroatoms. The van der Waals surface area contributed by atoms with Crippen LogP contribution < -0.4 is 5.32 Å². The van der Waals surface area contributed by atoms with Crippen LogP contribution in [0.25, 0.3) is 11.0 Å². The molecule has 0 spiro atoms. The molecule has 0 saturated heterocycles. The number of nitrogens with one attached hydrogen (secondary N) is 2. The lowest BCUT2D eigenvalue weighted by molar-refractivity contribution is 0.922. The van der Waals surface area contributed by atoms with Crippen LogP contribution in [0.1, 0.15) is 18.9 Å². The molecule has 96 valence electrons. The molecule has 1 aromatic carbocycles. The zero-order valence-corrected chi connectivity index (χ0v) is 11.0. The molecule has 3 aromatic rings. The minimum atomic E-state index is 0.920. The van der Waals surface area contributed by atoms with Crippen molar-refractivity contribution in [2.75, 3.05) is 5.32 Å². The summed E-state index contributed by atoms with van der Waals surface area (Å²) in [5, 5.41) is 4.50. The van der Waals surface area contributed by atoms with Gasteiger partial charge in [0.15, 0.2) is 0 Å². The fraction of sp³-hybridized carbons (Fsp3) is 0.188. The maximum atomic E-state index is 4.37. The van der Waals surface area contributed by atoms with E-state index in [1.54, 1.807) is 0 Å². The molecule has 3 rings (SSSR count). The Morgan fingerprint density at radius 2 is 1.95 bits per heavy atom. The van der Waals surface area contributed by atoms with Crippen molar-refractivity contribution >= 4 is 22.4 Å². The van der Waals surface area contributed by atoms with Gasteiger partial charge in [0.05, 0.1) is 11.9 Å². The zero-order chi connectivity index (χ0) is 13.1. The Kier molecular flexibility index (Phi) is 3.19. The van der Waals surface area contributed by atoms with Crippen molar-refractivity contribution in [3.8, 4) is 0 Å². The van der Waals surface area contributed by atoms with E-state index in [2.05, 4.69) is 52.5 Å². The van der Waals surface area contributed by atoms with Gasteiger partial charge in [0, 0.05) is 17.3 Å². The predicted molar refractivity (Wildman–Crippen MR) is 79.8 cm³/mol. The van der Waals surface area contributed by atoms with E-state index in [0.717, 1.165) is 28.8 Å². The molecule has 2 N–H and O–H groups in total. The highest BCUT2D eigenvalue weighted by Gasteiger charge is 1.99. The smallest absolute Gasteiger partial charge is 0.137 e. The van der Waals surface area contributed by atoms with Crippen LogP contribution in [0.15, 0.2) is 48.8 Å². The Hall–Kier alpha value is -2.29. The number of fused-ring (bicyclic) bond motifs is 1. The Morgan fingerprint density at radius 1 is 1.11 bits per heavy atom. The highest BCUT2D eigenvalue weighted by Crippen LogP contribution is 2.20. The largest absolute Gasteiger partial charge is 0.354 e. The lowest BCUT2D eigenvalue weighted by Gasteiger charge is -2.07. The number of H-pyrrole nitrogens is 1. The van der Waals surface area contributed by atoms with E-state index in [4.69, 9.17) is 0 Å². The van der Waals surface area contributed by atoms with Gasteiger partial charge < -0.3 is 10.3 Å². The number of benzene rings is 1. The average Bonchev–Trinajstić information content (AvgIpc) is 2.89. The van der Waals surface area contributed by atoms with E-state index in [9.17, 15) is 0 Å². The number of aromatic amines is 1. The van der Waals surface area contributed by atoms with Gasteiger partial charge >= 0.3 is 0 Å². The fourth-order valence-corrected chi connectivity index (χ4v) is 2.22. The van der Waals surface area contributed by atoms with E-state index >= 15 is 0 Å². The Labute approximate surface area is 112 Å². The first-order chi connectivity index (χ1) is 9.35. The lowest BCUT2D eigenvalue weighted by atomic mass is 10.1. The normalized spacial score (nSPS) is 10.8. The maximum Gasteiger partial charge on any atom is 0.137 e. The molecular formula is C16H17N3. The van der Waals surface area contributed by atoms with Gasteiger partial charge in [-0.05, 0) is 36.2 Å². The van der Waals surface area contributed by atoms with Crippen LogP contribution in [0.3, 0.4) is 0 Å². The zero-order valence-electron chi connectivity index (χ0n) is 11.0. The molecule has 0 radical (unpaired) electrons. The minimum Gasteiger partial charge on any atom is -0.354 e. The maximum absolute atomic E-state index is 4.37. The first-order valence-electron chi connectivity index (χ1n) is 6.64. The van der Waals surface area contributed by atoms with Crippen LogP contribution >= 0.6 is 0 Å². The van der Waals surface area contributed by atoms with Gasteiger partial charge in [-0.15, -0.1) is 0 Å². The van der Waals surface area contributed by atoms with Gasteiger partial charge in [-0.3, -0.25) is 0 Å². The third-order valence-corrected chi connectivity index (χ3v) is 3.18. The van der Waals surface area contributed by atoms with Crippen molar-refractivity contribution in [1.82, 2.24) is 9.97 Å². The summed E-state index contributed by atoms with van der Waals surface area (Å²) in [7, 11) is 0. The minimum absolute atomic E-state index is 0.920. The van der Waals surface area contributed by atoms with E-state index in [1.165, 1.54) is 12.0 Å². The van der Waals surface area contributed by atoms with Gasteiger partial charge in [-0.1, -0.05) is 25.5 Å². The second kappa shape index (κ2) is 5.14. The fourth-order valence-electron chi connectivity index (χ4n) is 2.22. The summed E-state index contributed by atoms with van der Waals surface area (Å²) in [6, 6.07) is 12.7. The van der Waals surface area contributed by atoms with Gasteiger partial charge in [0.1, 0.15) is 5.65 Å². The number of aromatic nitrogens is 2. The van der Waals surface area contributed by atoms with Crippen molar-refractivity contribution in [1.29, 1.82) is 0 Å². The molecule has 0 aliphatic heterocycles. The SMILES string of the molecule is CCCc1ccc(Nc2cnc3[nH]ccc3c2)cc1. The van der Waals surface area contributed by atoms with Crippen molar-refractivity contribution in [2.45, 2.75) is 19.8 Å². The van der Waals surface area contributed by atoms with Crippen LogP contribution in [0.2, 0.25) is 0 Å². The number of aryl methyl sites for hydroxylation is 1. The van der Waals surface area contributed by atoms with Gasteiger partial charge in [0.2, 0.25) is 0 Å². The summed E-state index contributed by atoms with van der Waals surface area (Å²) in [5.74, 6) is 0. The average molecular weight is 251 g/mol. The number of anilines is 2. The van der Waals surface area contributed by atoms with Crippen molar-refractivity contribution in [3.63, 3.8) is 0 Å². The molecule has 0 fully saturated rings. The molecule has 3 nitrogen and oxygen atoms in total. The van der Waals surface area contributed by atoms with Crippen LogP contribution in [-0.4, -0.2) is 9.97 Å². The molecule has 0 unspecified atom stereocenters. The van der Waals surface area contributed by atoms with E-state index in [1.807, 2.05) is 18.5 Å². The molecule has 0 atom stereocenters. The van der Waals surface area contributed by atoms with Gasteiger partial charge in [0.25, 0.3) is 0 Å². The lowest BCUT2D eigenvalue weighted by Crippen LogP contribution is -1.92. The number of nitrogens with zero attached hydrogens (tertiary/aromatic N) is 1. The molecular weight excluding hydrogens is 234 g/mol. The van der Waals surface area contributed by atoms with E-state index in [-0.39, 0.29) is 0 Å². The number of pyridine rings is 1.